The summed E-state index contributed by atoms with van der Waals surface area (Å²) in [4.78, 5) is 41.0. The van der Waals surface area contributed by atoms with Crippen LogP contribution in [0.15, 0.2) is 84.9 Å². The number of piperidine rings is 1. The summed E-state index contributed by atoms with van der Waals surface area (Å²) in [6, 6.07) is 25.5. The van der Waals surface area contributed by atoms with Gasteiger partial charge in [-0.25, -0.2) is 0 Å². The zero-order valence-corrected chi connectivity index (χ0v) is 19.9. The molecule has 2 N–H and O–H groups in total. The third-order valence-corrected chi connectivity index (χ3v) is 6.59. The third kappa shape index (κ3) is 6.15. The molecule has 4 rings (SSSR count). The standard InChI is InChI=1S/C29H31N3O3/c1-21-10-8-9-15-25(21)29(35)32-18-16-23(17-19-32)26(31-27(33)24-13-6-3-7-14-24)28(34)30-20-22-11-4-2-5-12-22/h2-15,23,26H,16-20H2,1H3,(H,30,34)(H,31,33)/t26-/m0/s1. The van der Waals surface area contributed by atoms with Gasteiger partial charge in [0.15, 0.2) is 0 Å². The van der Waals surface area contributed by atoms with Crippen molar-refractivity contribution in [3.05, 3.63) is 107 Å². The minimum absolute atomic E-state index is 0.0138. The lowest BCUT2D eigenvalue weighted by Gasteiger charge is -2.36. The van der Waals surface area contributed by atoms with Gasteiger partial charge in [-0.15, -0.1) is 0 Å². The van der Waals surface area contributed by atoms with Crippen molar-refractivity contribution >= 4 is 17.7 Å². The van der Waals surface area contributed by atoms with E-state index >= 15 is 0 Å². The number of hydrogen-bond donors (Lipinski definition) is 2. The molecule has 0 saturated carbocycles. The number of amides is 3. The molecule has 0 spiro atoms. The van der Waals surface area contributed by atoms with Gasteiger partial charge < -0.3 is 15.5 Å². The average Bonchev–Trinajstić information content (AvgIpc) is 2.91. The van der Waals surface area contributed by atoms with E-state index in [1.807, 2.05) is 72.5 Å². The second-order valence-electron chi connectivity index (χ2n) is 8.97. The molecular weight excluding hydrogens is 438 g/mol. The molecule has 1 aliphatic rings. The van der Waals surface area contributed by atoms with Gasteiger partial charge in [0.05, 0.1) is 0 Å². The first-order chi connectivity index (χ1) is 17.0. The predicted molar refractivity (Wildman–Crippen MR) is 136 cm³/mol. The predicted octanol–water partition coefficient (Wildman–Crippen LogP) is 3.96. The molecule has 6 nitrogen and oxygen atoms in total. The van der Waals surface area contributed by atoms with Gasteiger partial charge >= 0.3 is 0 Å². The van der Waals surface area contributed by atoms with Crippen molar-refractivity contribution in [3.8, 4) is 0 Å². The number of nitrogens with one attached hydrogen (secondary N) is 2. The van der Waals surface area contributed by atoms with E-state index in [0.29, 0.717) is 43.6 Å². The van der Waals surface area contributed by atoms with Crippen molar-refractivity contribution in [2.75, 3.05) is 13.1 Å². The molecule has 0 bridgehead atoms. The molecule has 1 atom stereocenters. The molecule has 1 aliphatic heterocycles. The Morgan fingerprint density at radius 2 is 1.46 bits per heavy atom. The van der Waals surface area contributed by atoms with Crippen LogP contribution in [0.2, 0.25) is 0 Å². The summed E-state index contributed by atoms with van der Waals surface area (Å²) in [5.74, 6) is -0.537. The van der Waals surface area contributed by atoms with E-state index in [1.165, 1.54) is 0 Å². The number of rotatable bonds is 7. The van der Waals surface area contributed by atoms with Gasteiger partial charge in [0.2, 0.25) is 5.91 Å². The summed E-state index contributed by atoms with van der Waals surface area (Å²) in [5, 5.41) is 5.96. The summed E-state index contributed by atoms with van der Waals surface area (Å²) < 4.78 is 0. The van der Waals surface area contributed by atoms with Crippen LogP contribution in [-0.4, -0.2) is 41.8 Å². The Balaban J connectivity index is 1.44. The van der Waals surface area contributed by atoms with E-state index < -0.39 is 6.04 Å². The highest BCUT2D eigenvalue weighted by Gasteiger charge is 2.34. The molecule has 0 aromatic heterocycles. The monoisotopic (exact) mass is 469 g/mol. The lowest BCUT2D eigenvalue weighted by molar-refractivity contribution is -0.124. The van der Waals surface area contributed by atoms with Crippen LogP contribution in [0.5, 0.6) is 0 Å². The summed E-state index contributed by atoms with van der Waals surface area (Å²) in [6.45, 7) is 3.41. The first kappa shape index (κ1) is 24.2. The summed E-state index contributed by atoms with van der Waals surface area (Å²) >= 11 is 0. The quantitative estimate of drug-likeness (QED) is 0.550. The fourth-order valence-electron chi connectivity index (χ4n) is 4.53. The normalized spacial score (nSPS) is 14.7. The van der Waals surface area contributed by atoms with Crippen LogP contribution in [0, 0.1) is 12.8 Å². The third-order valence-electron chi connectivity index (χ3n) is 6.59. The molecule has 3 aromatic carbocycles. The Morgan fingerprint density at radius 1 is 0.857 bits per heavy atom. The van der Waals surface area contributed by atoms with Crippen molar-refractivity contribution in [1.29, 1.82) is 0 Å². The lowest BCUT2D eigenvalue weighted by atomic mass is 9.88. The summed E-state index contributed by atoms with van der Waals surface area (Å²) in [5.41, 5.74) is 3.17. The van der Waals surface area contributed by atoms with Crippen molar-refractivity contribution in [2.45, 2.75) is 32.4 Å². The molecule has 180 valence electrons. The van der Waals surface area contributed by atoms with Gasteiger partial charge in [-0.05, 0) is 55.0 Å². The Hall–Kier alpha value is -3.93. The Morgan fingerprint density at radius 3 is 2.11 bits per heavy atom. The Kier molecular flexibility index (Phi) is 7.93. The minimum atomic E-state index is -0.679. The molecule has 0 unspecified atom stereocenters. The molecule has 6 heteroatoms. The van der Waals surface area contributed by atoms with E-state index in [-0.39, 0.29) is 23.6 Å². The van der Waals surface area contributed by atoms with Crippen LogP contribution in [0.3, 0.4) is 0 Å². The van der Waals surface area contributed by atoms with Crippen molar-refractivity contribution < 1.29 is 14.4 Å². The van der Waals surface area contributed by atoms with E-state index in [9.17, 15) is 14.4 Å². The second kappa shape index (κ2) is 11.5. The number of aryl methyl sites for hydroxylation is 1. The molecule has 3 amide bonds. The Labute approximate surface area is 206 Å². The molecule has 1 heterocycles. The lowest BCUT2D eigenvalue weighted by Crippen LogP contribution is -2.53. The molecular formula is C29H31N3O3. The van der Waals surface area contributed by atoms with Crippen LogP contribution in [-0.2, 0) is 11.3 Å². The Bertz CT molecular complexity index is 1160. The molecule has 35 heavy (non-hydrogen) atoms. The number of likely N-dealkylation sites (tertiary alicyclic amines) is 1. The van der Waals surface area contributed by atoms with E-state index in [2.05, 4.69) is 10.6 Å². The van der Waals surface area contributed by atoms with Crippen molar-refractivity contribution in [1.82, 2.24) is 15.5 Å². The molecule has 1 fully saturated rings. The van der Waals surface area contributed by atoms with Gasteiger partial charge in [-0.2, -0.15) is 0 Å². The van der Waals surface area contributed by atoms with Crippen LogP contribution < -0.4 is 10.6 Å². The first-order valence-electron chi connectivity index (χ1n) is 12.1. The van der Waals surface area contributed by atoms with Gasteiger partial charge in [-0.3, -0.25) is 14.4 Å². The SMILES string of the molecule is Cc1ccccc1C(=O)N1CCC([C@H](NC(=O)c2ccccc2)C(=O)NCc2ccccc2)CC1. The van der Waals surface area contributed by atoms with E-state index in [4.69, 9.17) is 0 Å². The maximum atomic E-state index is 13.3. The van der Waals surface area contributed by atoms with Gasteiger partial charge in [0.25, 0.3) is 11.8 Å². The summed E-state index contributed by atoms with van der Waals surface area (Å²) in [6.07, 6.45) is 1.27. The fourth-order valence-corrected chi connectivity index (χ4v) is 4.53. The second-order valence-corrected chi connectivity index (χ2v) is 8.97. The molecule has 0 radical (unpaired) electrons. The molecule has 3 aromatic rings. The highest BCUT2D eigenvalue weighted by Crippen LogP contribution is 2.24. The van der Waals surface area contributed by atoms with Gasteiger partial charge in [-0.1, -0.05) is 66.7 Å². The van der Waals surface area contributed by atoms with Crippen LogP contribution in [0.4, 0.5) is 0 Å². The minimum Gasteiger partial charge on any atom is -0.350 e. The maximum Gasteiger partial charge on any atom is 0.254 e. The zero-order chi connectivity index (χ0) is 24.6. The average molecular weight is 470 g/mol. The zero-order valence-electron chi connectivity index (χ0n) is 19.9. The van der Waals surface area contributed by atoms with E-state index in [0.717, 1.165) is 11.1 Å². The van der Waals surface area contributed by atoms with Gasteiger partial charge in [0.1, 0.15) is 6.04 Å². The van der Waals surface area contributed by atoms with Crippen LogP contribution >= 0.6 is 0 Å². The number of carbonyl (C=O) groups is 3. The highest BCUT2D eigenvalue weighted by atomic mass is 16.2. The number of benzene rings is 3. The molecule has 0 aliphatic carbocycles. The fraction of sp³-hybridized carbons (Fsp3) is 0.276. The van der Waals surface area contributed by atoms with Crippen LogP contribution in [0.1, 0.15) is 44.7 Å². The number of carbonyl (C=O) groups excluding carboxylic acids is 3. The van der Waals surface area contributed by atoms with Crippen LogP contribution in [0.25, 0.3) is 0 Å². The van der Waals surface area contributed by atoms with Gasteiger partial charge in [0, 0.05) is 30.8 Å². The van der Waals surface area contributed by atoms with Crippen molar-refractivity contribution in [2.24, 2.45) is 5.92 Å². The van der Waals surface area contributed by atoms with E-state index in [1.54, 1.807) is 24.3 Å². The number of nitrogens with zero attached hydrogens (tertiary/aromatic N) is 1. The smallest absolute Gasteiger partial charge is 0.254 e. The topological polar surface area (TPSA) is 78.5 Å². The van der Waals surface area contributed by atoms with Crippen molar-refractivity contribution in [3.63, 3.8) is 0 Å². The first-order valence-corrected chi connectivity index (χ1v) is 12.1. The largest absolute Gasteiger partial charge is 0.350 e. The highest BCUT2D eigenvalue weighted by molar-refractivity contribution is 5.98. The molecule has 1 saturated heterocycles. The summed E-state index contributed by atoms with van der Waals surface area (Å²) in [7, 11) is 0. The number of hydrogen-bond acceptors (Lipinski definition) is 3. The maximum absolute atomic E-state index is 13.3.